The Hall–Kier alpha value is -2.71. The Balaban J connectivity index is 1.73. The second-order valence-electron chi connectivity index (χ2n) is 5.97. The molecule has 8 heteroatoms. The standard InChI is InChI=1S/C19H22N2O5S/c1-14-8-9-16(12-15(14)2)21-18(22)13-26-19(23)10-11-20-27(24,25)17-6-4-3-5-7-17/h3-9,12,20H,10-11,13H2,1-2H3,(H,21,22). The minimum absolute atomic E-state index is 0.116. The molecule has 27 heavy (non-hydrogen) atoms. The van der Waals surface area contributed by atoms with Crippen LogP contribution in [0.2, 0.25) is 0 Å². The van der Waals surface area contributed by atoms with Crippen LogP contribution in [0.15, 0.2) is 53.4 Å². The summed E-state index contributed by atoms with van der Waals surface area (Å²) in [6, 6.07) is 13.3. The SMILES string of the molecule is Cc1ccc(NC(=O)COC(=O)CCNS(=O)(=O)c2ccccc2)cc1C. The average Bonchev–Trinajstić information content (AvgIpc) is 2.64. The highest BCUT2D eigenvalue weighted by Crippen LogP contribution is 2.14. The number of carbonyl (C=O) groups is 2. The van der Waals surface area contributed by atoms with Gasteiger partial charge in [0.25, 0.3) is 5.91 Å². The maximum atomic E-state index is 12.0. The maximum absolute atomic E-state index is 12.0. The molecule has 0 fully saturated rings. The molecule has 2 rings (SSSR count). The number of sulfonamides is 1. The first-order chi connectivity index (χ1) is 12.8. The molecule has 0 saturated carbocycles. The lowest BCUT2D eigenvalue weighted by molar-refractivity contribution is -0.147. The van der Waals surface area contributed by atoms with E-state index in [1.54, 1.807) is 24.3 Å². The van der Waals surface area contributed by atoms with E-state index in [1.165, 1.54) is 12.1 Å². The number of hydrogen-bond donors (Lipinski definition) is 2. The van der Waals surface area contributed by atoms with Gasteiger partial charge in [-0.25, -0.2) is 13.1 Å². The van der Waals surface area contributed by atoms with Crippen molar-refractivity contribution in [1.82, 2.24) is 4.72 Å². The number of aryl methyl sites for hydroxylation is 2. The lowest BCUT2D eigenvalue weighted by atomic mass is 10.1. The van der Waals surface area contributed by atoms with Gasteiger partial charge in [-0.3, -0.25) is 9.59 Å². The zero-order valence-electron chi connectivity index (χ0n) is 15.2. The summed E-state index contributed by atoms with van der Waals surface area (Å²) >= 11 is 0. The molecule has 0 aromatic heterocycles. The fraction of sp³-hybridized carbons (Fsp3) is 0.263. The zero-order chi connectivity index (χ0) is 19.9. The monoisotopic (exact) mass is 390 g/mol. The van der Waals surface area contributed by atoms with E-state index in [1.807, 2.05) is 26.0 Å². The molecule has 2 aromatic rings. The highest BCUT2D eigenvalue weighted by atomic mass is 32.2. The van der Waals surface area contributed by atoms with E-state index < -0.39 is 28.5 Å². The summed E-state index contributed by atoms with van der Waals surface area (Å²) in [5, 5.41) is 2.64. The third-order valence-corrected chi connectivity index (χ3v) is 5.31. The lowest BCUT2D eigenvalue weighted by Crippen LogP contribution is -2.27. The van der Waals surface area contributed by atoms with Crippen LogP contribution in [0.4, 0.5) is 5.69 Å². The van der Waals surface area contributed by atoms with Crippen molar-refractivity contribution in [3.63, 3.8) is 0 Å². The number of rotatable bonds is 8. The number of hydrogen-bond acceptors (Lipinski definition) is 5. The van der Waals surface area contributed by atoms with Gasteiger partial charge in [0.2, 0.25) is 10.0 Å². The molecule has 0 aliphatic heterocycles. The van der Waals surface area contributed by atoms with Gasteiger partial charge in [0.15, 0.2) is 6.61 Å². The Morgan fingerprint density at radius 2 is 1.70 bits per heavy atom. The minimum Gasteiger partial charge on any atom is -0.456 e. The topological polar surface area (TPSA) is 102 Å². The Bertz CT molecular complexity index is 911. The van der Waals surface area contributed by atoms with E-state index in [2.05, 4.69) is 10.0 Å². The van der Waals surface area contributed by atoms with Gasteiger partial charge in [-0.15, -0.1) is 0 Å². The molecule has 2 N–H and O–H groups in total. The highest BCUT2D eigenvalue weighted by Gasteiger charge is 2.14. The molecule has 0 aliphatic rings. The van der Waals surface area contributed by atoms with Crippen molar-refractivity contribution in [2.75, 3.05) is 18.5 Å². The molecule has 0 heterocycles. The average molecular weight is 390 g/mol. The third kappa shape index (κ3) is 6.50. The van der Waals surface area contributed by atoms with E-state index in [4.69, 9.17) is 4.74 Å². The van der Waals surface area contributed by atoms with Gasteiger partial charge in [0.05, 0.1) is 11.3 Å². The predicted molar refractivity (Wildman–Crippen MR) is 102 cm³/mol. The summed E-state index contributed by atoms with van der Waals surface area (Å²) in [6.45, 7) is 3.35. The van der Waals surface area contributed by atoms with Gasteiger partial charge in [-0.1, -0.05) is 24.3 Å². The van der Waals surface area contributed by atoms with Crippen molar-refractivity contribution >= 4 is 27.6 Å². The summed E-state index contributed by atoms with van der Waals surface area (Å²) in [5.41, 5.74) is 2.77. The van der Waals surface area contributed by atoms with Crippen molar-refractivity contribution in [1.29, 1.82) is 0 Å². The molecule has 144 valence electrons. The fourth-order valence-corrected chi connectivity index (χ4v) is 3.26. The summed E-state index contributed by atoms with van der Waals surface area (Å²) in [6.07, 6.45) is -0.178. The number of anilines is 1. The molecule has 0 spiro atoms. The molecule has 0 aliphatic carbocycles. The second kappa shape index (κ2) is 9.29. The molecule has 0 saturated heterocycles. The van der Waals surface area contributed by atoms with Crippen LogP contribution in [-0.2, 0) is 24.3 Å². The number of esters is 1. The molecular weight excluding hydrogens is 368 g/mol. The molecule has 0 bridgehead atoms. The molecule has 2 aromatic carbocycles. The number of amides is 1. The molecule has 7 nitrogen and oxygen atoms in total. The molecule has 1 amide bonds. The van der Waals surface area contributed by atoms with Crippen molar-refractivity contribution in [2.45, 2.75) is 25.2 Å². The van der Waals surface area contributed by atoms with E-state index in [0.29, 0.717) is 5.69 Å². The van der Waals surface area contributed by atoms with E-state index in [9.17, 15) is 18.0 Å². The molecule has 0 atom stereocenters. The van der Waals surface area contributed by atoms with Crippen molar-refractivity contribution in [2.24, 2.45) is 0 Å². The maximum Gasteiger partial charge on any atom is 0.307 e. The van der Waals surface area contributed by atoms with E-state index in [0.717, 1.165) is 11.1 Å². The van der Waals surface area contributed by atoms with Crippen LogP contribution in [-0.4, -0.2) is 33.4 Å². The smallest absolute Gasteiger partial charge is 0.307 e. The summed E-state index contributed by atoms with van der Waals surface area (Å²) in [7, 11) is -3.67. The Morgan fingerprint density at radius 3 is 2.37 bits per heavy atom. The summed E-state index contributed by atoms with van der Waals surface area (Å²) < 4.78 is 31.2. The van der Waals surface area contributed by atoms with Crippen LogP contribution in [0.25, 0.3) is 0 Å². The van der Waals surface area contributed by atoms with Crippen molar-refractivity contribution < 1.29 is 22.7 Å². The number of nitrogens with one attached hydrogen (secondary N) is 2. The first-order valence-electron chi connectivity index (χ1n) is 8.35. The van der Waals surface area contributed by atoms with Gasteiger partial charge in [-0.05, 0) is 49.2 Å². The summed E-state index contributed by atoms with van der Waals surface area (Å²) in [4.78, 5) is 23.6. The normalized spacial score (nSPS) is 11.0. The minimum atomic E-state index is -3.67. The van der Waals surface area contributed by atoms with Crippen LogP contribution in [0, 0.1) is 13.8 Å². The molecule has 0 radical (unpaired) electrons. The van der Waals surface area contributed by atoms with Gasteiger partial charge < -0.3 is 10.1 Å². The van der Waals surface area contributed by atoms with Gasteiger partial charge in [0, 0.05) is 12.2 Å². The van der Waals surface area contributed by atoms with Gasteiger partial charge in [0.1, 0.15) is 0 Å². The predicted octanol–water partition coefficient (Wildman–Crippen LogP) is 2.15. The van der Waals surface area contributed by atoms with Gasteiger partial charge in [-0.2, -0.15) is 0 Å². The first-order valence-corrected chi connectivity index (χ1v) is 9.84. The number of carbonyl (C=O) groups excluding carboxylic acids is 2. The van der Waals surface area contributed by atoms with Crippen LogP contribution in [0.5, 0.6) is 0 Å². The van der Waals surface area contributed by atoms with Crippen molar-refractivity contribution in [3.8, 4) is 0 Å². The third-order valence-electron chi connectivity index (χ3n) is 3.83. The van der Waals surface area contributed by atoms with Crippen LogP contribution >= 0.6 is 0 Å². The van der Waals surface area contributed by atoms with E-state index >= 15 is 0 Å². The van der Waals surface area contributed by atoms with E-state index in [-0.39, 0.29) is 17.9 Å². The molecular formula is C19H22N2O5S. The molecule has 0 unspecified atom stereocenters. The first kappa shape index (κ1) is 20.6. The number of benzene rings is 2. The second-order valence-corrected chi connectivity index (χ2v) is 7.74. The fourth-order valence-electron chi connectivity index (χ4n) is 2.20. The van der Waals surface area contributed by atoms with Crippen LogP contribution in [0.3, 0.4) is 0 Å². The number of ether oxygens (including phenoxy) is 1. The van der Waals surface area contributed by atoms with Crippen LogP contribution < -0.4 is 10.0 Å². The quantitative estimate of drug-likeness (QED) is 0.673. The summed E-state index contributed by atoms with van der Waals surface area (Å²) in [5.74, 6) is -1.13. The Kier molecular flexibility index (Phi) is 7.09. The lowest BCUT2D eigenvalue weighted by Gasteiger charge is -2.09. The Morgan fingerprint density at radius 1 is 1.00 bits per heavy atom. The van der Waals surface area contributed by atoms with Crippen LogP contribution in [0.1, 0.15) is 17.5 Å². The highest BCUT2D eigenvalue weighted by molar-refractivity contribution is 7.89. The zero-order valence-corrected chi connectivity index (χ0v) is 16.0. The van der Waals surface area contributed by atoms with Gasteiger partial charge >= 0.3 is 5.97 Å². The Labute approximate surface area is 158 Å². The largest absolute Gasteiger partial charge is 0.456 e. The van der Waals surface area contributed by atoms with Crippen molar-refractivity contribution in [3.05, 3.63) is 59.7 Å².